The van der Waals surface area contributed by atoms with Crippen LogP contribution in [0.15, 0.2) is 60.0 Å². The fraction of sp³-hybridized carbons (Fsp3) is 0.174. The quantitative estimate of drug-likeness (QED) is 0.454. The van der Waals surface area contributed by atoms with Gasteiger partial charge in [-0.2, -0.15) is 0 Å². The molecule has 11 heteroatoms. The van der Waals surface area contributed by atoms with E-state index in [-0.39, 0.29) is 24.3 Å². The minimum absolute atomic E-state index is 0.0163. The maximum Gasteiger partial charge on any atom is 0.414 e. The molecule has 2 aromatic heterocycles. The molecule has 8 nitrogen and oxygen atoms in total. The minimum atomic E-state index is -0.736. The molecule has 1 aromatic carbocycles. The maximum absolute atomic E-state index is 15.0. The topological polar surface area (TPSA) is 101 Å². The highest BCUT2D eigenvalue weighted by Crippen LogP contribution is 2.30. The van der Waals surface area contributed by atoms with Crippen LogP contribution >= 0.6 is 22.9 Å². The monoisotopic (exact) mass is 503 g/mol. The third kappa shape index (κ3) is 5.13. The predicted molar refractivity (Wildman–Crippen MR) is 127 cm³/mol. The molecular weight excluding hydrogens is 485 g/mol. The summed E-state index contributed by atoms with van der Waals surface area (Å²) in [5.41, 5.74) is 1.29. The Labute approximate surface area is 202 Å². The summed E-state index contributed by atoms with van der Waals surface area (Å²) in [5, 5.41) is 2.83. The molecule has 0 bridgehead atoms. The second kappa shape index (κ2) is 10.1. The Bertz CT molecular complexity index is 1310. The van der Waals surface area contributed by atoms with Gasteiger partial charge in [-0.3, -0.25) is 9.69 Å². The maximum atomic E-state index is 15.0. The number of pyridine rings is 1. The number of hydrogen-bond acceptors (Lipinski definition) is 6. The molecule has 1 aliphatic rings. The van der Waals surface area contributed by atoms with Gasteiger partial charge in [-0.05, 0) is 47.9 Å². The third-order valence-electron chi connectivity index (χ3n) is 5.05. The van der Waals surface area contributed by atoms with Crippen molar-refractivity contribution in [2.45, 2.75) is 12.5 Å². The lowest BCUT2D eigenvalue weighted by Crippen LogP contribution is -2.36. The zero-order chi connectivity index (χ0) is 24.2. The summed E-state index contributed by atoms with van der Waals surface area (Å²) in [6.07, 6.45) is 1.25. The number of aromatic nitrogens is 1. The number of aromatic amines is 1. The first-order valence-electron chi connectivity index (χ1n) is 10.2. The summed E-state index contributed by atoms with van der Waals surface area (Å²) in [5.74, 6) is -0.651. The van der Waals surface area contributed by atoms with E-state index < -0.39 is 24.1 Å². The van der Waals surface area contributed by atoms with Crippen LogP contribution in [0.5, 0.6) is 5.06 Å². The fourth-order valence-electron chi connectivity index (χ4n) is 3.52. The van der Waals surface area contributed by atoms with Gasteiger partial charge in [-0.1, -0.05) is 35.1 Å². The zero-order valence-corrected chi connectivity index (χ0v) is 19.2. The average molecular weight is 504 g/mol. The highest BCUT2D eigenvalue weighted by atomic mass is 35.5. The lowest BCUT2D eigenvalue weighted by molar-refractivity contribution is 0.137. The number of rotatable bonds is 7. The fourth-order valence-corrected chi connectivity index (χ4v) is 4.40. The van der Waals surface area contributed by atoms with E-state index in [0.717, 1.165) is 16.2 Å². The summed E-state index contributed by atoms with van der Waals surface area (Å²) in [6, 6.07) is 9.18. The van der Waals surface area contributed by atoms with Gasteiger partial charge in [0.15, 0.2) is 5.06 Å². The summed E-state index contributed by atoms with van der Waals surface area (Å²) in [4.78, 5) is 40.2. The Morgan fingerprint density at radius 3 is 2.88 bits per heavy atom. The van der Waals surface area contributed by atoms with Crippen molar-refractivity contribution in [2.75, 3.05) is 18.0 Å². The van der Waals surface area contributed by atoms with Crippen LogP contribution in [-0.2, 0) is 11.2 Å². The normalized spacial score (nSPS) is 15.2. The smallest absolute Gasteiger partial charge is 0.414 e. The number of hydrogen-bond donors (Lipinski definition) is 2. The van der Waals surface area contributed by atoms with Gasteiger partial charge in [-0.25, -0.2) is 14.0 Å². The van der Waals surface area contributed by atoms with Gasteiger partial charge in [-0.15, -0.1) is 6.58 Å². The number of cyclic esters (lactones) is 1. The number of thiophene rings is 1. The van der Waals surface area contributed by atoms with Gasteiger partial charge < -0.3 is 19.8 Å². The molecule has 0 aliphatic carbocycles. The lowest BCUT2D eigenvalue weighted by atomic mass is 9.99. The van der Waals surface area contributed by atoms with Crippen molar-refractivity contribution in [1.82, 2.24) is 10.3 Å². The summed E-state index contributed by atoms with van der Waals surface area (Å²) < 4.78 is 25.8. The molecule has 34 heavy (non-hydrogen) atoms. The van der Waals surface area contributed by atoms with Crippen molar-refractivity contribution in [3.05, 3.63) is 81.3 Å². The van der Waals surface area contributed by atoms with Gasteiger partial charge in [0, 0.05) is 11.8 Å². The molecule has 0 unspecified atom stereocenters. The number of carbonyl (C=O) groups excluding carboxylic acids is 2. The first-order valence-corrected chi connectivity index (χ1v) is 11.4. The van der Waals surface area contributed by atoms with E-state index in [1.54, 1.807) is 30.3 Å². The third-order valence-corrected chi connectivity index (χ3v) is 6.16. The number of H-pyrrole nitrogens is 1. The van der Waals surface area contributed by atoms with Gasteiger partial charge in [0.1, 0.15) is 11.9 Å². The highest BCUT2D eigenvalue weighted by Gasteiger charge is 2.34. The van der Waals surface area contributed by atoms with E-state index in [1.165, 1.54) is 18.3 Å². The van der Waals surface area contributed by atoms with Crippen molar-refractivity contribution >= 4 is 40.8 Å². The SMILES string of the molecule is C=CCc1c(-c2ccc(N3C[C@H](CNC(=O)Oc4ccc(Cl)s4)OC3=O)c(F)c2)cc[nH]c1=O. The second-order valence-corrected chi connectivity index (χ2v) is 8.98. The van der Waals surface area contributed by atoms with Crippen LogP contribution in [0.2, 0.25) is 4.34 Å². The number of ether oxygens (including phenoxy) is 2. The molecule has 0 saturated carbocycles. The van der Waals surface area contributed by atoms with Gasteiger partial charge in [0.05, 0.1) is 23.1 Å². The van der Waals surface area contributed by atoms with Crippen molar-refractivity contribution < 1.29 is 23.5 Å². The predicted octanol–water partition coefficient (Wildman–Crippen LogP) is 4.74. The molecule has 2 N–H and O–H groups in total. The number of nitrogens with one attached hydrogen (secondary N) is 2. The molecule has 176 valence electrons. The molecule has 0 spiro atoms. The van der Waals surface area contributed by atoms with Crippen molar-refractivity contribution in [1.29, 1.82) is 0 Å². The van der Waals surface area contributed by atoms with Gasteiger partial charge in [0.2, 0.25) is 0 Å². The molecule has 1 saturated heterocycles. The van der Waals surface area contributed by atoms with Crippen LogP contribution in [-0.4, -0.2) is 36.4 Å². The molecule has 4 rings (SSSR count). The summed E-state index contributed by atoms with van der Waals surface area (Å²) >= 11 is 6.90. The Morgan fingerprint density at radius 1 is 1.35 bits per heavy atom. The van der Waals surface area contributed by atoms with Crippen LogP contribution in [0, 0.1) is 5.82 Å². The molecule has 3 aromatic rings. The minimum Gasteiger partial charge on any atom is -0.442 e. The van der Waals surface area contributed by atoms with E-state index >= 15 is 4.39 Å². The number of halogens is 2. The number of allylic oxidation sites excluding steroid dienone is 1. The molecule has 0 radical (unpaired) electrons. The Morgan fingerprint density at radius 2 is 2.18 bits per heavy atom. The largest absolute Gasteiger partial charge is 0.442 e. The van der Waals surface area contributed by atoms with E-state index in [4.69, 9.17) is 21.1 Å². The Hall–Kier alpha value is -3.63. The average Bonchev–Trinajstić information content (AvgIpc) is 3.38. The molecule has 3 heterocycles. The van der Waals surface area contributed by atoms with Crippen molar-refractivity contribution in [2.24, 2.45) is 0 Å². The van der Waals surface area contributed by atoms with Crippen LogP contribution < -0.4 is 20.5 Å². The van der Waals surface area contributed by atoms with E-state index in [1.807, 2.05) is 0 Å². The molecular formula is C23H19ClFN3O5S. The molecule has 2 amide bonds. The number of nitrogens with zero attached hydrogens (tertiary/aromatic N) is 1. The molecule has 1 atom stereocenters. The van der Waals surface area contributed by atoms with Crippen molar-refractivity contribution in [3.63, 3.8) is 0 Å². The van der Waals surface area contributed by atoms with Gasteiger partial charge in [0.25, 0.3) is 5.56 Å². The first-order chi connectivity index (χ1) is 16.4. The number of carbonyl (C=O) groups is 2. The summed E-state index contributed by atoms with van der Waals surface area (Å²) in [7, 11) is 0. The standard InChI is InChI=1S/C23H19ClFN3O5S/c1-2-3-16-15(8-9-26-21(16)29)13-4-5-18(17(25)10-13)28-12-14(32-23(28)31)11-27-22(30)33-20-7-6-19(24)34-20/h2,4-10,14H,1,3,11-12H2,(H,26,29)(H,27,30)/t14-/m0/s1. The number of benzene rings is 1. The second-order valence-electron chi connectivity index (χ2n) is 7.30. The van der Waals surface area contributed by atoms with Crippen LogP contribution in [0.4, 0.5) is 19.7 Å². The van der Waals surface area contributed by atoms with E-state index in [2.05, 4.69) is 16.9 Å². The molecule has 1 fully saturated rings. The Balaban J connectivity index is 1.43. The number of amides is 2. The Kier molecular flexibility index (Phi) is 6.99. The van der Waals surface area contributed by atoms with Crippen molar-refractivity contribution in [3.8, 4) is 16.2 Å². The van der Waals surface area contributed by atoms with E-state index in [0.29, 0.717) is 32.5 Å². The van der Waals surface area contributed by atoms with Crippen LogP contribution in [0.1, 0.15) is 5.56 Å². The van der Waals surface area contributed by atoms with Gasteiger partial charge >= 0.3 is 12.2 Å². The molecule has 1 aliphatic heterocycles. The zero-order valence-electron chi connectivity index (χ0n) is 17.7. The summed E-state index contributed by atoms with van der Waals surface area (Å²) in [6.45, 7) is 3.67. The number of anilines is 1. The van der Waals surface area contributed by atoms with Crippen LogP contribution in [0.25, 0.3) is 11.1 Å². The van der Waals surface area contributed by atoms with E-state index in [9.17, 15) is 14.4 Å². The van der Waals surface area contributed by atoms with Crippen LogP contribution in [0.3, 0.4) is 0 Å². The highest BCUT2D eigenvalue weighted by molar-refractivity contribution is 7.17. The first kappa shape index (κ1) is 23.5. The lowest BCUT2D eigenvalue weighted by Gasteiger charge is -2.15.